The molecule has 0 fully saturated rings. The molecule has 0 saturated carbocycles. The molecule has 0 aliphatic carbocycles. The van der Waals surface area contributed by atoms with Crippen LogP contribution in [0.5, 0.6) is 0 Å². The number of hydrogen-bond donors (Lipinski definition) is 1. The van der Waals surface area contributed by atoms with Crippen molar-refractivity contribution in [2.75, 3.05) is 0 Å². The van der Waals surface area contributed by atoms with Crippen molar-refractivity contribution in [3.63, 3.8) is 0 Å². The van der Waals surface area contributed by atoms with Gasteiger partial charge in [0, 0.05) is 20.1 Å². The van der Waals surface area contributed by atoms with Gasteiger partial charge in [0.15, 0.2) is 0 Å². The van der Waals surface area contributed by atoms with Gasteiger partial charge in [-0.05, 0) is 63.0 Å². The lowest BCUT2D eigenvalue weighted by Gasteiger charge is -2.08. The van der Waals surface area contributed by atoms with Crippen LogP contribution in [0, 0.1) is 18.6 Å². The van der Waals surface area contributed by atoms with E-state index in [-0.39, 0.29) is 22.6 Å². The Labute approximate surface area is 164 Å². The first kappa shape index (κ1) is 19.2. The predicted octanol–water partition coefficient (Wildman–Crippen LogP) is 4.77. The number of halogens is 4. The van der Waals surface area contributed by atoms with Gasteiger partial charge in [0.2, 0.25) is 10.0 Å². The third-order valence-electron chi connectivity index (χ3n) is 3.65. The second-order valence-corrected chi connectivity index (χ2v) is 8.64. The van der Waals surface area contributed by atoms with E-state index < -0.39 is 26.6 Å². The van der Waals surface area contributed by atoms with Crippen LogP contribution in [-0.2, 0) is 10.0 Å². The highest BCUT2D eigenvalue weighted by Gasteiger charge is 2.24. The quantitative estimate of drug-likeness (QED) is 0.553. The number of aromatic nitrogens is 1. The van der Waals surface area contributed by atoms with Gasteiger partial charge in [0.1, 0.15) is 28.0 Å². The fourth-order valence-electron chi connectivity index (χ4n) is 2.47. The largest absolute Gasteiger partial charge is 0.360 e. The molecule has 3 rings (SSSR count). The van der Waals surface area contributed by atoms with Gasteiger partial charge in [-0.1, -0.05) is 11.2 Å². The van der Waals surface area contributed by atoms with Crippen molar-refractivity contribution in [3.05, 3.63) is 56.7 Å². The topological polar surface area (TPSA) is 86.2 Å². The Bertz CT molecular complexity index is 1130. The summed E-state index contributed by atoms with van der Waals surface area (Å²) in [5, 5.41) is 8.83. The smallest absolute Gasteiger partial charge is 0.241 e. The Hall–Kier alpha value is -1.62. The Morgan fingerprint density at radius 3 is 2.38 bits per heavy atom. The lowest BCUT2D eigenvalue weighted by atomic mass is 9.99. The number of benzene rings is 2. The molecule has 0 atom stereocenters. The van der Waals surface area contributed by atoms with Crippen molar-refractivity contribution >= 4 is 41.9 Å². The zero-order chi connectivity index (χ0) is 19.2. The average molecular weight is 508 g/mol. The zero-order valence-electron chi connectivity index (χ0n) is 13.1. The molecule has 1 heterocycles. The predicted molar refractivity (Wildman–Crippen MR) is 98.8 cm³/mol. The van der Waals surface area contributed by atoms with Crippen LogP contribution in [-0.4, -0.2) is 13.6 Å². The SMILES string of the molecule is Cc1onc(-c2ccc(Br)c(Br)c2)c1-c1cc(F)c(S(N)(=O)=O)cc1F. The third-order valence-corrected chi connectivity index (χ3v) is 6.46. The highest BCUT2D eigenvalue weighted by atomic mass is 79.9. The molecule has 5 nitrogen and oxygen atoms in total. The van der Waals surface area contributed by atoms with Gasteiger partial charge < -0.3 is 4.52 Å². The first-order chi connectivity index (χ1) is 12.1. The fraction of sp³-hybridized carbons (Fsp3) is 0.0625. The zero-order valence-corrected chi connectivity index (χ0v) is 17.0. The van der Waals surface area contributed by atoms with Gasteiger partial charge in [0.05, 0.1) is 5.56 Å². The Morgan fingerprint density at radius 1 is 1.08 bits per heavy atom. The lowest BCUT2D eigenvalue weighted by Crippen LogP contribution is -2.14. The van der Waals surface area contributed by atoms with E-state index in [1.165, 1.54) is 0 Å². The molecule has 0 radical (unpaired) electrons. The summed E-state index contributed by atoms with van der Waals surface area (Å²) in [4.78, 5) is -0.916. The maximum atomic E-state index is 14.6. The molecule has 0 saturated heterocycles. The minimum atomic E-state index is -4.39. The minimum Gasteiger partial charge on any atom is -0.360 e. The van der Waals surface area contributed by atoms with Gasteiger partial charge in [-0.25, -0.2) is 22.3 Å². The summed E-state index contributed by atoms with van der Waals surface area (Å²) in [5.41, 5.74) is 0.930. The Morgan fingerprint density at radius 2 is 1.77 bits per heavy atom. The second kappa shape index (κ2) is 6.84. The summed E-state index contributed by atoms with van der Waals surface area (Å²) in [6.45, 7) is 1.55. The molecular weight excluding hydrogens is 498 g/mol. The van der Waals surface area contributed by atoms with E-state index in [4.69, 9.17) is 9.66 Å². The number of rotatable bonds is 3. The maximum absolute atomic E-state index is 14.6. The van der Waals surface area contributed by atoms with Crippen LogP contribution in [0.3, 0.4) is 0 Å². The molecule has 0 amide bonds. The van der Waals surface area contributed by atoms with E-state index in [1.54, 1.807) is 25.1 Å². The molecule has 0 aliphatic heterocycles. The van der Waals surface area contributed by atoms with Gasteiger partial charge >= 0.3 is 0 Å². The molecule has 10 heteroatoms. The number of nitrogens with two attached hydrogens (primary N) is 1. The van der Waals surface area contributed by atoms with Crippen molar-refractivity contribution in [2.45, 2.75) is 11.8 Å². The van der Waals surface area contributed by atoms with Crippen LogP contribution in [0.25, 0.3) is 22.4 Å². The highest BCUT2D eigenvalue weighted by Crippen LogP contribution is 2.38. The van der Waals surface area contributed by atoms with E-state index in [1.807, 2.05) is 0 Å². The minimum absolute atomic E-state index is 0.178. The van der Waals surface area contributed by atoms with Gasteiger partial charge in [-0.15, -0.1) is 0 Å². The molecular formula is C16H10Br2F2N2O3S. The van der Waals surface area contributed by atoms with Crippen molar-refractivity contribution in [2.24, 2.45) is 5.14 Å². The Kier molecular flexibility index (Phi) is 5.04. The molecule has 1 aromatic heterocycles. The number of aryl methyl sites for hydroxylation is 1. The van der Waals surface area contributed by atoms with Crippen LogP contribution in [0.15, 0.2) is 48.7 Å². The molecule has 2 aromatic carbocycles. The van der Waals surface area contributed by atoms with Crippen LogP contribution < -0.4 is 5.14 Å². The van der Waals surface area contributed by atoms with E-state index in [2.05, 4.69) is 37.0 Å². The number of primary sulfonamides is 1. The van der Waals surface area contributed by atoms with Crippen molar-refractivity contribution < 1.29 is 21.7 Å². The van der Waals surface area contributed by atoms with Crippen molar-refractivity contribution in [3.8, 4) is 22.4 Å². The number of hydrogen-bond acceptors (Lipinski definition) is 4. The average Bonchev–Trinajstić information content (AvgIpc) is 2.92. The monoisotopic (exact) mass is 506 g/mol. The molecule has 136 valence electrons. The molecule has 26 heavy (non-hydrogen) atoms. The molecule has 0 aliphatic rings. The molecule has 2 N–H and O–H groups in total. The van der Waals surface area contributed by atoms with Crippen molar-refractivity contribution in [1.29, 1.82) is 0 Å². The molecule has 0 bridgehead atoms. The second-order valence-electron chi connectivity index (χ2n) is 5.40. The standard InChI is InChI=1S/C16H10Br2F2N2O3S/c1-7-15(9-5-13(20)14(6-12(9)19)26(21,23)24)16(22-25-7)8-2-3-10(17)11(18)4-8/h2-6H,1H3,(H2,21,23,24). The molecule has 0 unspecified atom stereocenters. The third kappa shape index (κ3) is 3.46. The van der Waals surface area contributed by atoms with E-state index in [0.717, 1.165) is 15.0 Å². The molecule has 3 aromatic rings. The summed E-state index contributed by atoms with van der Waals surface area (Å²) in [6.07, 6.45) is 0. The van der Waals surface area contributed by atoms with Gasteiger partial charge in [-0.3, -0.25) is 0 Å². The fourth-order valence-corrected chi connectivity index (χ4v) is 3.69. The van der Waals surface area contributed by atoms with Crippen LogP contribution >= 0.6 is 31.9 Å². The van der Waals surface area contributed by atoms with Crippen LogP contribution in [0.4, 0.5) is 8.78 Å². The normalized spacial score (nSPS) is 11.8. The van der Waals surface area contributed by atoms with Crippen LogP contribution in [0.1, 0.15) is 5.76 Å². The Balaban J connectivity index is 2.24. The summed E-state index contributed by atoms with van der Waals surface area (Å²) in [7, 11) is -4.39. The first-order valence-corrected chi connectivity index (χ1v) is 10.2. The van der Waals surface area contributed by atoms with Crippen LogP contribution in [0.2, 0.25) is 0 Å². The van der Waals surface area contributed by atoms with Crippen molar-refractivity contribution in [1.82, 2.24) is 5.16 Å². The van der Waals surface area contributed by atoms with E-state index in [9.17, 15) is 17.2 Å². The summed E-state index contributed by atoms with van der Waals surface area (Å²) < 4.78 is 58.2. The van der Waals surface area contributed by atoms with Gasteiger partial charge in [0.25, 0.3) is 0 Å². The molecule has 0 spiro atoms. The first-order valence-electron chi connectivity index (χ1n) is 7.03. The summed E-state index contributed by atoms with van der Waals surface area (Å²) in [5.74, 6) is -1.87. The summed E-state index contributed by atoms with van der Waals surface area (Å²) in [6, 6.07) is 6.54. The van der Waals surface area contributed by atoms with E-state index >= 15 is 0 Å². The van der Waals surface area contributed by atoms with Gasteiger partial charge in [-0.2, -0.15) is 0 Å². The summed E-state index contributed by atoms with van der Waals surface area (Å²) >= 11 is 6.72. The van der Waals surface area contributed by atoms with E-state index in [0.29, 0.717) is 11.6 Å². The highest BCUT2D eigenvalue weighted by molar-refractivity contribution is 9.13. The maximum Gasteiger partial charge on any atom is 0.241 e. The number of nitrogens with zero attached hydrogens (tertiary/aromatic N) is 1. The lowest BCUT2D eigenvalue weighted by molar-refractivity contribution is 0.400. The number of sulfonamides is 1.